The molecule has 36 heavy (non-hydrogen) atoms. The minimum Gasteiger partial charge on any atom is -0.468 e. The van der Waals surface area contributed by atoms with Gasteiger partial charge in [-0.2, -0.15) is 0 Å². The number of hydrogen-bond acceptors (Lipinski definition) is 5. The molecule has 0 aliphatic carbocycles. The van der Waals surface area contributed by atoms with Crippen LogP contribution in [0.4, 0.5) is 0 Å². The predicted molar refractivity (Wildman–Crippen MR) is 145 cm³/mol. The van der Waals surface area contributed by atoms with Crippen LogP contribution in [0.1, 0.15) is 54.7 Å². The Morgan fingerprint density at radius 2 is 1.92 bits per heavy atom. The van der Waals surface area contributed by atoms with Gasteiger partial charge in [0, 0.05) is 35.2 Å². The first-order valence-electron chi connectivity index (χ1n) is 12.1. The van der Waals surface area contributed by atoms with Crippen LogP contribution in [-0.4, -0.2) is 35.6 Å². The Morgan fingerprint density at radius 3 is 2.64 bits per heavy atom. The SMILES string of the molecule is C#CC=N/C(C)=C(\C)C(=O)N1Cc2ccccc2C(OC2=NC(C)NC(c3c(C)cccc3C)=C2)C1. The minimum atomic E-state index is -0.347. The third-order valence-corrected chi connectivity index (χ3v) is 6.60. The van der Waals surface area contributed by atoms with Gasteiger partial charge in [-0.3, -0.25) is 9.79 Å². The third-order valence-electron chi connectivity index (χ3n) is 6.60. The van der Waals surface area contributed by atoms with Crippen LogP contribution < -0.4 is 5.32 Å². The fourth-order valence-electron chi connectivity index (χ4n) is 4.68. The van der Waals surface area contributed by atoms with E-state index in [1.165, 1.54) is 17.3 Å². The second-order valence-corrected chi connectivity index (χ2v) is 9.24. The summed E-state index contributed by atoms with van der Waals surface area (Å²) < 4.78 is 6.51. The number of fused-ring (bicyclic) bond motifs is 1. The normalized spacial score (nSPS) is 19.9. The van der Waals surface area contributed by atoms with Gasteiger partial charge in [-0.15, -0.1) is 6.42 Å². The van der Waals surface area contributed by atoms with E-state index < -0.39 is 0 Å². The second-order valence-electron chi connectivity index (χ2n) is 9.24. The van der Waals surface area contributed by atoms with Crippen LogP contribution in [-0.2, 0) is 16.1 Å². The summed E-state index contributed by atoms with van der Waals surface area (Å²) in [5.74, 6) is 2.83. The molecule has 0 saturated carbocycles. The lowest BCUT2D eigenvalue weighted by Crippen LogP contribution is -2.40. The molecule has 0 spiro atoms. The molecule has 1 N–H and O–H groups in total. The molecule has 1 amide bonds. The van der Waals surface area contributed by atoms with Crippen LogP contribution in [0.2, 0.25) is 0 Å². The van der Waals surface area contributed by atoms with Gasteiger partial charge in [0.1, 0.15) is 12.3 Å². The number of carbonyl (C=O) groups is 1. The van der Waals surface area contributed by atoms with Crippen molar-refractivity contribution in [3.05, 3.63) is 87.6 Å². The molecule has 6 heteroatoms. The third kappa shape index (κ3) is 5.26. The first-order valence-corrected chi connectivity index (χ1v) is 12.1. The number of amides is 1. The zero-order valence-electron chi connectivity index (χ0n) is 21.5. The number of terminal acetylenes is 1. The van der Waals surface area contributed by atoms with E-state index in [2.05, 4.69) is 54.3 Å². The standard InChI is InChI=1S/C30H32N4O2/c1-7-15-31-22(5)21(4)30(35)34-17-24-13-8-9-14-25(24)27(18-34)36-28-16-26(32-23(6)33-28)29-19(2)11-10-12-20(29)3/h1,8-16,23,27,32H,17-18H2,2-6H3/b22-21+,31-15?. The fraction of sp³-hybridized carbons (Fsp3) is 0.300. The number of aryl methyl sites for hydroxylation is 2. The number of carbonyl (C=O) groups excluding carboxylic acids is 1. The summed E-state index contributed by atoms with van der Waals surface area (Å²) in [4.78, 5) is 24.0. The van der Waals surface area contributed by atoms with Crippen LogP contribution in [0.3, 0.4) is 0 Å². The smallest absolute Gasteiger partial charge is 0.251 e. The van der Waals surface area contributed by atoms with Gasteiger partial charge < -0.3 is 15.0 Å². The van der Waals surface area contributed by atoms with Crippen LogP contribution in [0, 0.1) is 26.2 Å². The largest absolute Gasteiger partial charge is 0.468 e. The zero-order chi connectivity index (χ0) is 25.8. The molecule has 2 atom stereocenters. The summed E-state index contributed by atoms with van der Waals surface area (Å²) >= 11 is 0. The molecule has 0 saturated heterocycles. The predicted octanol–water partition coefficient (Wildman–Crippen LogP) is 5.09. The van der Waals surface area contributed by atoms with Gasteiger partial charge in [-0.25, -0.2) is 4.99 Å². The number of benzene rings is 2. The summed E-state index contributed by atoms with van der Waals surface area (Å²) in [5, 5.41) is 3.47. The first kappa shape index (κ1) is 25.0. The van der Waals surface area contributed by atoms with Gasteiger partial charge in [0.25, 0.3) is 5.91 Å². The summed E-state index contributed by atoms with van der Waals surface area (Å²) in [6.45, 7) is 10.7. The van der Waals surface area contributed by atoms with Crippen LogP contribution >= 0.6 is 0 Å². The van der Waals surface area contributed by atoms with Crippen LogP contribution in [0.5, 0.6) is 0 Å². The van der Waals surface area contributed by atoms with Crippen molar-refractivity contribution in [3.8, 4) is 12.3 Å². The van der Waals surface area contributed by atoms with Gasteiger partial charge in [0.05, 0.1) is 12.8 Å². The van der Waals surface area contributed by atoms with Crippen molar-refractivity contribution in [2.75, 3.05) is 6.54 Å². The lowest BCUT2D eigenvalue weighted by molar-refractivity contribution is -0.129. The van der Waals surface area contributed by atoms with Crippen molar-refractivity contribution >= 4 is 23.7 Å². The Labute approximate surface area is 213 Å². The number of allylic oxidation sites excluding steroid dienone is 1. The number of nitrogens with one attached hydrogen (secondary N) is 1. The van der Waals surface area contributed by atoms with Crippen molar-refractivity contribution in [2.45, 2.75) is 53.4 Å². The van der Waals surface area contributed by atoms with E-state index in [0.717, 1.165) is 22.4 Å². The summed E-state index contributed by atoms with van der Waals surface area (Å²) in [6.07, 6.45) is 8.11. The second kappa shape index (κ2) is 10.7. The first-order chi connectivity index (χ1) is 17.3. The van der Waals surface area contributed by atoms with E-state index in [1.807, 2.05) is 31.2 Å². The zero-order valence-corrected chi connectivity index (χ0v) is 21.5. The highest BCUT2D eigenvalue weighted by Gasteiger charge is 2.31. The lowest BCUT2D eigenvalue weighted by atomic mass is 9.96. The Hall–Kier alpha value is -4.11. The molecule has 2 aliphatic rings. The van der Waals surface area contributed by atoms with Gasteiger partial charge >= 0.3 is 0 Å². The molecule has 2 heterocycles. The average molecular weight is 481 g/mol. The monoisotopic (exact) mass is 480 g/mol. The van der Waals surface area contributed by atoms with Gasteiger partial charge in [-0.05, 0) is 56.9 Å². The molecule has 6 nitrogen and oxygen atoms in total. The number of ether oxygens (including phenoxy) is 1. The molecule has 4 rings (SSSR count). The summed E-state index contributed by atoms with van der Waals surface area (Å²) in [5.41, 5.74) is 7.81. The van der Waals surface area contributed by atoms with Crippen molar-refractivity contribution < 1.29 is 9.53 Å². The molecule has 2 aromatic carbocycles. The molecule has 184 valence electrons. The van der Waals surface area contributed by atoms with Crippen molar-refractivity contribution in [1.82, 2.24) is 10.2 Å². The van der Waals surface area contributed by atoms with Gasteiger partial charge in [0.2, 0.25) is 5.90 Å². The highest BCUT2D eigenvalue weighted by Crippen LogP contribution is 2.32. The van der Waals surface area contributed by atoms with E-state index in [4.69, 9.17) is 16.2 Å². The van der Waals surface area contributed by atoms with Crippen molar-refractivity contribution in [3.63, 3.8) is 0 Å². The van der Waals surface area contributed by atoms with E-state index in [-0.39, 0.29) is 18.2 Å². The topological polar surface area (TPSA) is 66.3 Å². The van der Waals surface area contributed by atoms with E-state index in [1.54, 1.807) is 18.7 Å². The maximum absolute atomic E-state index is 13.3. The quantitative estimate of drug-likeness (QED) is 0.377. The lowest BCUT2D eigenvalue weighted by Gasteiger charge is -2.35. The maximum Gasteiger partial charge on any atom is 0.251 e. The molecule has 0 aromatic heterocycles. The molecule has 0 fully saturated rings. The Kier molecular flexibility index (Phi) is 7.40. The number of hydrogen-bond donors (Lipinski definition) is 1. The van der Waals surface area contributed by atoms with E-state index in [9.17, 15) is 4.79 Å². The van der Waals surface area contributed by atoms with Crippen LogP contribution in [0.15, 0.2) is 69.8 Å². The van der Waals surface area contributed by atoms with E-state index in [0.29, 0.717) is 30.3 Å². The van der Waals surface area contributed by atoms with E-state index >= 15 is 0 Å². The van der Waals surface area contributed by atoms with Gasteiger partial charge in [-0.1, -0.05) is 48.4 Å². The molecule has 0 bridgehead atoms. The number of aliphatic imine (C=N–C) groups is 2. The summed E-state index contributed by atoms with van der Waals surface area (Å²) in [7, 11) is 0. The Bertz CT molecular complexity index is 1320. The highest BCUT2D eigenvalue weighted by atomic mass is 16.5. The molecular weight excluding hydrogens is 448 g/mol. The molecule has 2 aliphatic heterocycles. The Morgan fingerprint density at radius 1 is 1.19 bits per heavy atom. The molecule has 0 radical (unpaired) electrons. The van der Waals surface area contributed by atoms with Crippen LogP contribution in [0.25, 0.3) is 5.70 Å². The van der Waals surface area contributed by atoms with Crippen molar-refractivity contribution in [1.29, 1.82) is 0 Å². The summed E-state index contributed by atoms with van der Waals surface area (Å²) in [6, 6.07) is 14.4. The average Bonchev–Trinajstić information content (AvgIpc) is 2.86. The maximum atomic E-state index is 13.3. The molecule has 2 aromatic rings. The Balaban J connectivity index is 1.64. The fourth-order valence-corrected chi connectivity index (χ4v) is 4.68. The highest BCUT2D eigenvalue weighted by molar-refractivity contribution is 5.97. The van der Waals surface area contributed by atoms with Gasteiger partial charge in [0.15, 0.2) is 0 Å². The minimum absolute atomic E-state index is 0.0860. The van der Waals surface area contributed by atoms with Crippen molar-refractivity contribution in [2.24, 2.45) is 9.98 Å². The molecule has 2 unspecified atom stereocenters. The number of nitrogens with zero attached hydrogens (tertiary/aromatic N) is 3. The molecular formula is C30H32N4O2. The number of rotatable bonds is 4.